The van der Waals surface area contributed by atoms with Crippen molar-refractivity contribution in [1.29, 1.82) is 0 Å². The molecule has 0 aliphatic carbocycles. The molecule has 0 unspecified atom stereocenters. The summed E-state index contributed by atoms with van der Waals surface area (Å²) < 4.78 is 29.3. The molecule has 0 saturated carbocycles. The van der Waals surface area contributed by atoms with Gasteiger partial charge >= 0.3 is 23.1 Å². The van der Waals surface area contributed by atoms with Crippen LogP contribution in [-0.2, 0) is 14.7 Å². The quantitative estimate of drug-likeness (QED) is 0.157. The first kappa shape index (κ1) is 10.6. The zero-order valence-electron chi connectivity index (χ0n) is 3.20. The molecule has 0 saturated heterocycles. The molecule has 0 atom stereocenters. The van der Waals surface area contributed by atoms with Crippen LogP contribution in [0.25, 0.3) is 0 Å². The van der Waals surface area contributed by atoms with Gasteiger partial charge in [0.15, 0.2) is 0 Å². The van der Waals surface area contributed by atoms with Crippen LogP contribution >= 0.6 is 0 Å². The van der Waals surface area contributed by atoms with Gasteiger partial charge in [0.05, 0.1) is 0 Å². The normalized spacial score (nSPS) is 10.0. The first-order chi connectivity index (χ1) is 2.56. The van der Waals surface area contributed by atoms with Crippen molar-refractivity contribution in [1.82, 2.24) is 0 Å². The van der Waals surface area contributed by atoms with Crippen LogP contribution in [0.15, 0.2) is 0 Å². The van der Waals surface area contributed by atoms with Crippen molar-refractivity contribution in [2.45, 2.75) is 0 Å². The molecule has 0 aromatic heterocycles. The van der Waals surface area contributed by atoms with Gasteiger partial charge in [-0.25, -0.2) is 13.7 Å². The Morgan fingerprint density at radius 3 is 1.71 bits per heavy atom. The minimum atomic E-state index is -4.86. The van der Waals surface area contributed by atoms with E-state index in [-0.39, 0.29) is 23.1 Å². The molecular formula is HMgO5S+. The summed E-state index contributed by atoms with van der Waals surface area (Å²) in [5.41, 5.74) is 0. The van der Waals surface area contributed by atoms with Crippen LogP contribution in [-0.4, -0.2) is 41.3 Å². The van der Waals surface area contributed by atoms with Gasteiger partial charge in [0.25, 0.3) is 0 Å². The average molecular weight is 137 g/mol. The number of hydrogen-bond acceptors (Lipinski definition) is 5. The zero-order valence-corrected chi connectivity index (χ0v) is 5.43. The van der Waals surface area contributed by atoms with E-state index in [0.717, 1.165) is 0 Å². The molecule has 0 rings (SSSR count). The second kappa shape index (κ2) is 3.58. The third-order valence-electron chi connectivity index (χ3n) is 0.0913. The molecule has 38 valence electrons. The largest absolute Gasteiger partial charge is 2.00 e. The molecule has 0 radical (unpaired) electrons. The maximum Gasteiger partial charge on any atom is 2.00 e. The maximum atomic E-state index is 8.97. The molecule has 0 fully saturated rings. The van der Waals surface area contributed by atoms with Crippen LogP contribution in [0.1, 0.15) is 0 Å². The molecule has 0 spiro atoms. The fraction of sp³-hybridized carbons (Fsp3) is 0. The van der Waals surface area contributed by atoms with Gasteiger partial charge in [-0.05, 0) is 0 Å². The molecule has 0 aliphatic heterocycles. The third-order valence-corrected chi connectivity index (χ3v) is 0.274. The zero-order chi connectivity index (χ0) is 5.21. The molecule has 0 heterocycles. The maximum absolute atomic E-state index is 8.97. The molecule has 5 nitrogen and oxygen atoms in total. The molecule has 0 aromatic rings. The number of rotatable bonds is 1. The van der Waals surface area contributed by atoms with Gasteiger partial charge in [-0.15, -0.1) is 4.33 Å². The molecule has 0 aliphatic rings. The first-order valence-electron chi connectivity index (χ1n) is 0.849. The molecule has 1 N–H and O–H groups in total. The smallest absolute Gasteiger partial charge is 0.724 e. The van der Waals surface area contributed by atoms with Crippen molar-refractivity contribution in [3.63, 3.8) is 0 Å². The van der Waals surface area contributed by atoms with Crippen molar-refractivity contribution in [3.05, 3.63) is 0 Å². The van der Waals surface area contributed by atoms with Gasteiger partial charge in [0.1, 0.15) is 0 Å². The number of hydrogen-bond donors (Lipinski definition) is 1. The van der Waals surface area contributed by atoms with Gasteiger partial charge < -0.3 is 4.55 Å². The van der Waals surface area contributed by atoms with E-state index in [2.05, 4.69) is 4.33 Å². The van der Waals surface area contributed by atoms with Crippen LogP contribution < -0.4 is 0 Å². The van der Waals surface area contributed by atoms with E-state index in [9.17, 15) is 0 Å². The molecule has 7 heavy (non-hydrogen) atoms. The second-order valence-corrected chi connectivity index (χ2v) is 1.45. The SMILES string of the molecule is O=S(=O)([O-])OO.[Mg+2]. The Hall–Kier alpha value is 0.596. The summed E-state index contributed by atoms with van der Waals surface area (Å²) in [6.45, 7) is 0. The van der Waals surface area contributed by atoms with Crippen LogP contribution in [0.4, 0.5) is 0 Å². The van der Waals surface area contributed by atoms with Gasteiger partial charge in [-0.2, -0.15) is 0 Å². The monoisotopic (exact) mass is 137 g/mol. The minimum absolute atomic E-state index is 0. The van der Waals surface area contributed by atoms with Crippen LogP contribution in [0.3, 0.4) is 0 Å². The topological polar surface area (TPSA) is 86.7 Å². The molecular weight excluding hydrogens is 136 g/mol. The van der Waals surface area contributed by atoms with Crippen molar-refractivity contribution < 1.29 is 22.6 Å². The van der Waals surface area contributed by atoms with Crippen molar-refractivity contribution in [3.8, 4) is 0 Å². The summed E-state index contributed by atoms with van der Waals surface area (Å²) in [7, 11) is -4.86. The van der Waals surface area contributed by atoms with Crippen LogP contribution in [0.5, 0.6) is 0 Å². The Kier molecular flexibility index (Phi) is 5.40. The van der Waals surface area contributed by atoms with Crippen molar-refractivity contribution in [2.75, 3.05) is 0 Å². The van der Waals surface area contributed by atoms with Crippen LogP contribution in [0.2, 0.25) is 0 Å². The molecule has 0 aromatic carbocycles. The second-order valence-electron chi connectivity index (χ2n) is 0.483. The third kappa shape index (κ3) is 10.8. The van der Waals surface area contributed by atoms with Crippen LogP contribution in [0, 0.1) is 0 Å². The fourth-order valence-corrected chi connectivity index (χ4v) is 0. The molecule has 0 bridgehead atoms. The van der Waals surface area contributed by atoms with Gasteiger partial charge in [-0.1, -0.05) is 0 Å². The summed E-state index contributed by atoms with van der Waals surface area (Å²) in [4.78, 5) is 0. The fourth-order valence-electron chi connectivity index (χ4n) is 0. The van der Waals surface area contributed by atoms with Gasteiger partial charge in [0.2, 0.25) is 10.4 Å². The average Bonchev–Trinajstić information content (AvgIpc) is 1.35. The summed E-state index contributed by atoms with van der Waals surface area (Å²) in [5.74, 6) is 0. The van der Waals surface area contributed by atoms with Crippen molar-refractivity contribution >= 4 is 33.5 Å². The van der Waals surface area contributed by atoms with Gasteiger partial charge in [0, 0.05) is 0 Å². The molecule has 0 amide bonds. The predicted molar refractivity (Wildman–Crippen MR) is 19.2 cm³/mol. The Bertz CT molecular complexity index is 110. The van der Waals surface area contributed by atoms with Gasteiger partial charge in [-0.3, -0.25) is 0 Å². The van der Waals surface area contributed by atoms with E-state index >= 15 is 0 Å². The van der Waals surface area contributed by atoms with E-state index < -0.39 is 10.4 Å². The van der Waals surface area contributed by atoms with E-state index in [4.69, 9.17) is 18.2 Å². The summed E-state index contributed by atoms with van der Waals surface area (Å²) in [5, 5.41) is 7.00. The Labute approximate surface area is 56.3 Å². The first-order valence-corrected chi connectivity index (χ1v) is 2.18. The standard InChI is InChI=1S/Mg.H2O5S/c;1-5-6(2,3)4/h;1H,(H,2,3,4)/q+2;/p-1. The Morgan fingerprint density at radius 1 is 1.57 bits per heavy atom. The summed E-state index contributed by atoms with van der Waals surface area (Å²) >= 11 is 0. The predicted octanol–water partition coefficient (Wildman–Crippen LogP) is -1.44. The molecule has 7 heteroatoms. The Balaban J connectivity index is 0. The van der Waals surface area contributed by atoms with E-state index in [1.807, 2.05) is 0 Å². The summed E-state index contributed by atoms with van der Waals surface area (Å²) in [6.07, 6.45) is 0. The van der Waals surface area contributed by atoms with E-state index in [1.165, 1.54) is 0 Å². The Morgan fingerprint density at radius 2 is 1.71 bits per heavy atom. The minimum Gasteiger partial charge on any atom is -0.724 e. The summed E-state index contributed by atoms with van der Waals surface area (Å²) in [6, 6.07) is 0. The van der Waals surface area contributed by atoms with E-state index in [1.54, 1.807) is 0 Å². The van der Waals surface area contributed by atoms with E-state index in [0.29, 0.717) is 0 Å². The van der Waals surface area contributed by atoms with Crippen molar-refractivity contribution in [2.24, 2.45) is 0 Å².